The van der Waals surface area contributed by atoms with Gasteiger partial charge in [0.2, 0.25) is 0 Å². The number of carbonyl (C=O) groups is 2. The third kappa shape index (κ3) is 12.0. The monoisotopic (exact) mass is 238 g/mol. The molecule has 0 spiro atoms. The van der Waals surface area contributed by atoms with Crippen LogP contribution in [0.4, 0.5) is 0 Å². The number of hydrogen-bond acceptors (Lipinski definition) is 4. The van der Waals surface area contributed by atoms with Gasteiger partial charge in [0.15, 0.2) is 0 Å². The van der Waals surface area contributed by atoms with Gasteiger partial charge < -0.3 is 14.6 Å². The summed E-state index contributed by atoms with van der Waals surface area (Å²) >= 11 is 0. The van der Waals surface area contributed by atoms with Crippen LogP contribution in [0.3, 0.4) is 0 Å². The van der Waals surface area contributed by atoms with Crippen LogP contribution in [-0.2, 0) is 14.3 Å². The van der Waals surface area contributed by atoms with Crippen molar-refractivity contribution in [3.63, 3.8) is 0 Å². The SMILES string of the molecule is CCCCCC(CCC(=O)[O-])OC(C)=O.[Na+]. The first-order chi connectivity index (χ1) is 7.06. The van der Waals surface area contributed by atoms with E-state index in [0.29, 0.717) is 6.42 Å². The van der Waals surface area contributed by atoms with Gasteiger partial charge in [0, 0.05) is 12.9 Å². The molecule has 0 aromatic carbocycles. The summed E-state index contributed by atoms with van der Waals surface area (Å²) in [7, 11) is 0. The van der Waals surface area contributed by atoms with Crippen LogP contribution in [0.2, 0.25) is 0 Å². The molecule has 0 rings (SSSR count). The van der Waals surface area contributed by atoms with Gasteiger partial charge in [-0.1, -0.05) is 19.8 Å². The average molecular weight is 238 g/mol. The maximum absolute atomic E-state index is 10.7. The third-order valence-corrected chi connectivity index (χ3v) is 2.13. The molecule has 0 fully saturated rings. The first-order valence-electron chi connectivity index (χ1n) is 5.43. The minimum absolute atomic E-state index is 0. The van der Waals surface area contributed by atoms with E-state index < -0.39 is 5.97 Å². The molecule has 0 radical (unpaired) electrons. The molecule has 1 unspecified atom stereocenters. The number of esters is 1. The predicted molar refractivity (Wildman–Crippen MR) is 53.9 cm³/mol. The summed E-state index contributed by atoms with van der Waals surface area (Å²) in [6.07, 6.45) is 3.89. The summed E-state index contributed by atoms with van der Waals surface area (Å²) in [4.78, 5) is 21.0. The molecule has 0 aromatic rings. The summed E-state index contributed by atoms with van der Waals surface area (Å²) in [6, 6.07) is 0. The Balaban J connectivity index is 0. The standard InChI is InChI=1S/C11H20O4.Na/c1-3-4-5-6-10(15-9(2)12)7-8-11(13)14;/h10H,3-8H2,1-2H3,(H,13,14);/q;+1/p-1. The average Bonchev–Trinajstić information content (AvgIpc) is 2.13. The molecule has 5 heteroatoms. The van der Waals surface area contributed by atoms with E-state index >= 15 is 0 Å². The van der Waals surface area contributed by atoms with Gasteiger partial charge in [-0.2, -0.15) is 0 Å². The van der Waals surface area contributed by atoms with Crippen molar-refractivity contribution in [2.75, 3.05) is 0 Å². The minimum atomic E-state index is -1.09. The molecule has 0 heterocycles. The van der Waals surface area contributed by atoms with Crippen molar-refractivity contribution in [3.05, 3.63) is 0 Å². The van der Waals surface area contributed by atoms with Gasteiger partial charge in [-0.15, -0.1) is 0 Å². The number of carboxylic acid groups (broad SMARTS) is 1. The molecule has 0 amide bonds. The van der Waals surface area contributed by atoms with Gasteiger partial charge in [-0.3, -0.25) is 4.79 Å². The molecule has 88 valence electrons. The number of ether oxygens (including phenoxy) is 1. The number of unbranched alkanes of at least 4 members (excludes halogenated alkanes) is 2. The first-order valence-corrected chi connectivity index (χ1v) is 5.43. The third-order valence-electron chi connectivity index (χ3n) is 2.13. The Hall–Kier alpha value is -0.0600. The molecule has 0 N–H and O–H groups in total. The summed E-state index contributed by atoms with van der Waals surface area (Å²) in [5, 5.41) is 10.3. The van der Waals surface area contributed by atoms with E-state index in [1.165, 1.54) is 6.92 Å². The molecule has 0 aromatic heterocycles. The van der Waals surface area contributed by atoms with Crippen molar-refractivity contribution in [1.29, 1.82) is 0 Å². The predicted octanol–water partition coefficient (Wildman–Crippen LogP) is -1.97. The summed E-state index contributed by atoms with van der Waals surface area (Å²) in [5.74, 6) is -1.45. The number of carboxylic acids is 1. The molecule has 4 nitrogen and oxygen atoms in total. The second-order valence-electron chi connectivity index (χ2n) is 3.64. The summed E-state index contributed by atoms with van der Waals surface area (Å²) < 4.78 is 5.02. The second kappa shape index (κ2) is 11.4. The summed E-state index contributed by atoms with van der Waals surface area (Å²) in [6.45, 7) is 3.42. The van der Waals surface area contributed by atoms with Crippen molar-refractivity contribution in [2.24, 2.45) is 0 Å². The largest absolute Gasteiger partial charge is 1.00 e. The molecule has 0 bridgehead atoms. The molecule has 1 atom stereocenters. The van der Waals surface area contributed by atoms with Crippen LogP contribution in [0, 0.1) is 0 Å². The maximum Gasteiger partial charge on any atom is 1.00 e. The fourth-order valence-corrected chi connectivity index (χ4v) is 1.40. The molecule has 0 saturated heterocycles. The quantitative estimate of drug-likeness (QED) is 0.279. The van der Waals surface area contributed by atoms with Crippen molar-refractivity contribution in [1.82, 2.24) is 0 Å². The zero-order chi connectivity index (χ0) is 11.7. The van der Waals surface area contributed by atoms with Crippen molar-refractivity contribution in [2.45, 2.75) is 58.5 Å². The molecular weight excluding hydrogens is 219 g/mol. The van der Waals surface area contributed by atoms with Crippen LogP contribution in [0.15, 0.2) is 0 Å². The Kier molecular flexibility index (Phi) is 13.1. The molecule has 0 aliphatic heterocycles. The van der Waals surface area contributed by atoms with E-state index in [-0.39, 0.29) is 48.1 Å². The molecule has 0 aliphatic carbocycles. The normalized spacial score (nSPS) is 11.4. The van der Waals surface area contributed by atoms with E-state index in [2.05, 4.69) is 6.92 Å². The molecule has 16 heavy (non-hydrogen) atoms. The zero-order valence-corrected chi connectivity index (χ0v) is 12.5. The van der Waals surface area contributed by atoms with E-state index in [1.807, 2.05) is 0 Å². The Morgan fingerprint density at radius 2 is 1.88 bits per heavy atom. The molecule has 0 saturated carbocycles. The van der Waals surface area contributed by atoms with Gasteiger partial charge in [-0.05, 0) is 25.7 Å². The summed E-state index contributed by atoms with van der Waals surface area (Å²) in [5.41, 5.74) is 0. The van der Waals surface area contributed by atoms with Gasteiger partial charge in [0.25, 0.3) is 0 Å². The van der Waals surface area contributed by atoms with Crippen LogP contribution in [0.5, 0.6) is 0 Å². The minimum Gasteiger partial charge on any atom is -0.550 e. The van der Waals surface area contributed by atoms with E-state index in [1.54, 1.807) is 0 Å². The fraction of sp³-hybridized carbons (Fsp3) is 0.818. The van der Waals surface area contributed by atoms with Crippen molar-refractivity contribution < 1.29 is 49.0 Å². The molecular formula is C11H19NaO4. The second-order valence-corrected chi connectivity index (χ2v) is 3.64. The van der Waals surface area contributed by atoms with E-state index in [0.717, 1.165) is 25.7 Å². The van der Waals surface area contributed by atoms with E-state index in [4.69, 9.17) is 4.74 Å². The van der Waals surface area contributed by atoms with Crippen LogP contribution in [-0.4, -0.2) is 18.0 Å². The first kappa shape index (κ1) is 18.3. The number of rotatable bonds is 8. The smallest absolute Gasteiger partial charge is 0.550 e. The Morgan fingerprint density at radius 1 is 1.25 bits per heavy atom. The molecule has 0 aliphatic rings. The Labute approximate surface area is 119 Å². The maximum atomic E-state index is 10.7. The Morgan fingerprint density at radius 3 is 2.31 bits per heavy atom. The van der Waals surface area contributed by atoms with Crippen LogP contribution < -0.4 is 34.7 Å². The number of carbonyl (C=O) groups excluding carboxylic acids is 2. The van der Waals surface area contributed by atoms with Gasteiger partial charge in [-0.25, -0.2) is 0 Å². The van der Waals surface area contributed by atoms with Crippen molar-refractivity contribution >= 4 is 11.9 Å². The van der Waals surface area contributed by atoms with Crippen LogP contribution in [0.1, 0.15) is 52.4 Å². The fourth-order valence-electron chi connectivity index (χ4n) is 1.40. The van der Waals surface area contributed by atoms with Crippen molar-refractivity contribution in [3.8, 4) is 0 Å². The topological polar surface area (TPSA) is 66.4 Å². The van der Waals surface area contributed by atoms with Gasteiger partial charge in [0.05, 0.1) is 0 Å². The number of aliphatic carboxylic acids is 1. The number of hydrogen-bond donors (Lipinski definition) is 0. The zero-order valence-electron chi connectivity index (χ0n) is 10.5. The Bertz CT molecular complexity index is 206. The van der Waals surface area contributed by atoms with Crippen LogP contribution >= 0.6 is 0 Å². The van der Waals surface area contributed by atoms with Gasteiger partial charge in [0.1, 0.15) is 6.10 Å². The van der Waals surface area contributed by atoms with Gasteiger partial charge >= 0.3 is 35.5 Å². The van der Waals surface area contributed by atoms with E-state index in [9.17, 15) is 14.7 Å². The van der Waals surface area contributed by atoms with Crippen LogP contribution in [0.25, 0.3) is 0 Å².